The summed E-state index contributed by atoms with van der Waals surface area (Å²) in [5.41, 5.74) is 1.11. The quantitative estimate of drug-likeness (QED) is 0.495. The molecule has 0 saturated carbocycles. The summed E-state index contributed by atoms with van der Waals surface area (Å²) in [6.45, 7) is 5.84. The van der Waals surface area contributed by atoms with Gasteiger partial charge in [0.25, 0.3) is 0 Å². The fourth-order valence-corrected chi connectivity index (χ4v) is 3.27. The van der Waals surface area contributed by atoms with Crippen molar-refractivity contribution in [2.75, 3.05) is 38.1 Å². The van der Waals surface area contributed by atoms with Crippen molar-refractivity contribution in [1.29, 1.82) is 0 Å². The Labute approximate surface area is 184 Å². The molecule has 1 aliphatic heterocycles. The van der Waals surface area contributed by atoms with E-state index in [2.05, 4.69) is 25.2 Å². The Morgan fingerprint density at radius 2 is 1.83 bits per heavy atom. The maximum Gasteiger partial charge on any atom is 0.338 e. The van der Waals surface area contributed by atoms with Crippen molar-refractivity contribution >= 4 is 46.7 Å². The molecule has 0 spiro atoms. The van der Waals surface area contributed by atoms with Crippen molar-refractivity contribution in [3.8, 4) is 11.4 Å². The van der Waals surface area contributed by atoms with Crippen LogP contribution in [0.25, 0.3) is 11.4 Å². The molecule has 0 aliphatic carbocycles. The van der Waals surface area contributed by atoms with Crippen LogP contribution in [0.2, 0.25) is 0 Å². The van der Waals surface area contributed by atoms with E-state index in [-0.39, 0.29) is 11.8 Å². The fourth-order valence-electron chi connectivity index (χ4n) is 3.01. The molecule has 0 amide bonds. The lowest BCUT2D eigenvalue weighted by Gasteiger charge is -2.16. The van der Waals surface area contributed by atoms with E-state index in [0.29, 0.717) is 36.1 Å². The highest BCUT2D eigenvalue weighted by Crippen LogP contribution is 2.36. The van der Waals surface area contributed by atoms with Crippen molar-refractivity contribution in [2.45, 2.75) is 23.6 Å². The molecular formula is C19H22Cl3N5O2. The number of halogens is 3. The summed E-state index contributed by atoms with van der Waals surface area (Å²) < 4.78 is 3.21. The van der Waals surface area contributed by atoms with Crippen LogP contribution in [-0.2, 0) is 8.53 Å². The van der Waals surface area contributed by atoms with Crippen molar-refractivity contribution in [1.82, 2.24) is 19.9 Å². The molecule has 2 aromatic rings. The van der Waals surface area contributed by atoms with E-state index >= 15 is 0 Å². The van der Waals surface area contributed by atoms with Crippen molar-refractivity contribution in [3.05, 3.63) is 35.7 Å². The molecule has 1 N–H and O–H groups in total. The van der Waals surface area contributed by atoms with Crippen LogP contribution in [0.4, 0.5) is 5.95 Å². The van der Waals surface area contributed by atoms with Crippen LogP contribution in [0.15, 0.2) is 24.3 Å². The fraction of sp³-hybridized carbons (Fsp3) is 0.474. The predicted molar refractivity (Wildman–Crippen MR) is 115 cm³/mol. The normalized spacial score (nSPS) is 14.8. The number of alkyl halides is 3. The molecule has 1 fully saturated rings. The first-order chi connectivity index (χ1) is 13.9. The van der Waals surface area contributed by atoms with E-state index < -0.39 is 3.79 Å². The molecule has 0 bridgehead atoms. The van der Waals surface area contributed by atoms with Crippen LogP contribution < -0.4 is 5.32 Å². The van der Waals surface area contributed by atoms with Crippen LogP contribution in [0.5, 0.6) is 0 Å². The number of rotatable bonds is 7. The van der Waals surface area contributed by atoms with Crippen LogP contribution in [-0.4, -0.2) is 58.6 Å². The van der Waals surface area contributed by atoms with Crippen LogP contribution in [0.1, 0.15) is 35.9 Å². The molecule has 10 heteroatoms. The first-order valence-electron chi connectivity index (χ1n) is 9.44. The lowest BCUT2D eigenvalue weighted by Crippen LogP contribution is -2.26. The van der Waals surface area contributed by atoms with Gasteiger partial charge < -0.3 is 15.0 Å². The standard InChI is InChI=1S/C19H22Cl3N5O2/c1-2-29-16(28)14-7-5-13(6-8-14)15-24-17(19(20,21)22)26-18(25-15)23-9-12-27-10-3-4-11-27/h5-8H,2-4,9-12H2,1H3,(H,23,24,25,26). The Hall–Kier alpha value is -1.67. The summed E-state index contributed by atoms with van der Waals surface area (Å²) in [5.74, 6) is 0.331. The number of esters is 1. The van der Waals surface area contributed by atoms with Gasteiger partial charge in [0.05, 0.1) is 12.2 Å². The van der Waals surface area contributed by atoms with Gasteiger partial charge >= 0.3 is 5.97 Å². The maximum absolute atomic E-state index is 11.8. The molecular weight excluding hydrogens is 437 g/mol. The lowest BCUT2D eigenvalue weighted by molar-refractivity contribution is 0.0526. The maximum atomic E-state index is 11.8. The molecule has 0 radical (unpaired) electrons. The average Bonchev–Trinajstić information content (AvgIpc) is 3.21. The third-order valence-electron chi connectivity index (χ3n) is 4.45. The van der Waals surface area contributed by atoms with Gasteiger partial charge in [-0.15, -0.1) is 0 Å². The summed E-state index contributed by atoms with van der Waals surface area (Å²) in [7, 11) is 0. The predicted octanol–water partition coefficient (Wildman–Crippen LogP) is 4.05. The van der Waals surface area contributed by atoms with Gasteiger partial charge in [-0.3, -0.25) is 0 Å². The number of hydrogen-bond acceptors (Lipinski definition) is 7. The number of benzene rings is 1. The van der Waals surface area contributed by atoms with Gasteiger partial charge in [-0.2, -0.15) is 9.97 Å². The number of anilines is 1. The van der Waals surface area contributed by atoms with Gasteiger partial charge in [-0.05, 0) is 45.0 Å². The van der Waals surface area contributed by atoms with E-state index in [9.17, 15) is 4.79 Å². The molecule has 156 valence electrons. The third kappa shape index (κ3) is 6.15. The zero-order valence-electron chi connectivity index (χ0n) is 16.0. The summed E-state index contributed by atoms with van der Waals surface area (Å²) in [6.07, 6.45) is 2.46. The van der Waals surface area contributed by atoms with E-state index in [1.54, 1.807) is 31.2 Å². The highest BCUT2D eigenvalue weighted by molar-refractivity contribution is 6.66. The van der Waals surface area contributed by atoms with E-state index in [0.717, 1.165) is 19.6 Å². The van der Waals surface area contributed by atoms with Gasteiger partial charge in [0.15, 0.2) is 11.6 Å². The van der Waals surface area contributed by atoms with Gasteiger partial charge in [0, 0.05) is 18.7 Å². The zero-order valence-corrected chi connectivity index (χ0v) is 18.3. The summed E-state index contributed by atoms with van der Waals surface area (Å²) in [4.78, 5) is 27.2. The molecule has 0 atom stereocenters. The molecule has 1 saturated heterocycles. The molecule has 2 heterocycles. The number of carbonyl (C=O) groups excluding carboxylic acids is 1. The molecule has 0 unspecified atom stereocenters. The highest BCUT2D eigenvalue weighted by atomic mass is 35.6. The summed E-state index contributed by atoms with van der Waals surface area (Å²) in [6, 6.07) is 6.73. The number of nitrogens with one attached hydrogen (secondary N) is 1. The number of hydrogen-bond donors (Lipinski definition) is 1. The third-order valence-corrected chi connectivity index (χ3v) is 4.96. The minimum atomic E-state index is -1.78. The summed E-state index contributed by atoms with van der Waals surface area (Å²) >= 11 is 18.0. The van der Waals surface area contributed by atoms with Crippen molar-refractivity contribution in [2.24, 2.45) is 0 Å². The van der Waals surface area contributed by atoms with Gasteiger partial charge in [-0.1, -0.05) is 46.9 Å². The summed E-state index contributed by atoms with van der Waals surface area (Å²) in [5, 5.41) is 3.19. The van der Waals surface area contributed by atoms with Gasteiger partial charge in [0.2, 0.25) is 9.74 Å². The molecule has 1 aromatic carbocycles. The number of ether oxygens (including phenoxy) is 1. The second-order valence-corrected chi connectivity index (χ2v) is 8.86. The minimum absolute atomic E-state index is 0.0330. The van der Waals surface area contributed by atoms with E-state index in [4.69, 9.17) is 39.5 Å². The van der Waals surface area contributed by atoms with Gasteiger partial charge in [-0.25, -0.2) is 9.78 Å². The number of nitrogens with zero attached hydrogens (tertiary/aromatic N) is 4. The lowest BCUT2D eigenvalue weighted by atomic mass is 10.1. The molecule has 1 aromatic heterocycles. The largest absolute Gasteiger partial charge is 0.462 e. The number of aromatic nitrogens is 3. The molecule has 3 rings (SSSR count). The topological polar surface area (TPSA) is 80.2 Å². The van der Waals surface area contributed by atoms with Crippen LogP contribution >= 0.6 is 34.8 Å². The smallest absolute Gasteiger partial charge is 0.338 e. The molecule has 1 aliphatic rings. The Bertz CT molecular complexity index is 837. The first-order valence-corrected chi connectivity index (χ1v) is 10.6. The molecule has 7 nitrogen and oxygen atoms in total. The Morgan fingerprint density at radius 1 is 1.14 bits per heavy atom. The Morgan fingerprint density at radius 3 is 2.45 bits per heavy atom. The Kier molecular flexibility index (Phi) is 7.51. The highest BCUT2D eigenvalue weighted by Gasteiger charge is 2.28. The first kappa shape index (κ1) is 22.0. The Balaban J connectivity index is 1.80. The van der Waals surface area contributed by atoms with E-state index in [1.165, 1.54) is 12.8 Å². The van der Waals surface area contributed by atoms with Gasteiger partial charge in [0.1, 0.15) is 0 Å². The zero-order chi connectivity index (χ0) is 20.9. The second kappa shape index (κ2) is 9.89. The minimum Gasteiger partial charge on any atom is -0.462 e. The average molecular weight is 459 g/mol. The second-order valence-electron chi connectivity index (χ2n) is 6.58. The monoisotopic (exact) mass is 457 g/mol. The number of carbonyl (C=O) groups is 1. The van der Waals surface area contributed by atoms with Crippen LogP contribution in [0.3, 0.4) is 0 Å². The number of likely N-dealkylation sites (tertiary alicyclic amines) is 1. The van der Waals surface area contributed by atoms with Crippen LogP contribution in [0, 0.1) is 0 Å². The van der Waals surface area contributed by atoms with E-state index in [1.807, 2.05) is 0 Å². The van der Waals surface area contributed by atoms with Crippen molar-refractivity contribution < 1.29 is 9.53 Å². The molecule has 29 heavy (non-hydrogen) atoms. The SMILES string of the molecule is CCOC(=O)c1ccc(-c2nc(NCCN3CCCC3)nc(C(Cl)(Cl)Cl)n2)cc1. The van der Waals surface area contributed by atoms with Crippen molar-refractivity contribution in [3.63, 3.8) is 0 Å².